The van der Waals surface area contributed by atoms with Gasteiger partial charge in [-0.2, -0.15) is 5.10 Å². The number of piperidine rings is 1. The van der Waals surface area contributed by atoms with E-state index in [0.717, 1.165) is 13.0 Å². The largest absolute Gasteiger partial charge is 0.494 e. The van der Waals surface area contributed by atoms with Crippen LogP contribution in [0.15, 0.2) is 30.5 Å². The van der Waals surface area contributed by atoms with Crippen LogP contribution in [-0.4, -0.2) is 65.5 Å². The van der Waals surface area contributed by atoms with Gasteiger partial charge in [-0.15, -0.1) is 10.2 Å². The second-order valence-electron chi connectivity index (χ2n) is 7.18. The second-order valence-corrected chi connectivity index (χ2v) is 9.14. The molecule has 0 amide bonds. The molecule has 1 aliphatic heterocycles. The fourth-order valence-corrected chi connectivity index (χ4v) is 4.98. The van der Waals surface area contributed by atoms with Gasteiger partial charge in [0.15, 0.2) is 5.82 Å². The van der Waals surface area contributed by atoms with Crippen molar-refractivity contribution in [2.45, 2.75) is 18.1 Å². The van der Waals surface area contributed by atoms with Crippen molar-refractivity contribution in [3.63, 3.8) is 0 Å². The first-order chi connectivity index (χ1) is 14.9. The summed E-state index contributed by atoms with van der Waals surface area (Å²) >= 11 is 0. The number of nitrogens with zero attached hydrogens (tertiary/aromatic N) is 5. The molecule has 3 heterocycles. The van der Waals surface area contributed by atoms with Crippen LogP contribution in [0.25, 0.3) is 17.2 Å². The Balaban J connectivity index is 1.87. The molecule has 1 fully saturated rings. The fourth-order valence-electron chi connectivity index (χ4n) is 3.61. The number of nitrogens with one attached hydrogen (secondary N) is 2. The number of benzene rings is 1. The van der Waals surface area contributed by atoms with Crippen molar-refractivity contribution in [1.82, 2.24) is 29.9 Å². The Morgan fingerprint density at radius 3 is 2.48 bits per heavy atom. The Morgan fingerprint density at radius 1 is 1.16 bits per heavy atom. The van der Waals surface area contributed by atoms with E-state index >= 15 is 0 Å². The van der Waals surface area contributed by atoms with E-state index in [1.807, 2.05) is 0 Å². The number of sulfonamides is 1. The van der Waals surface area contributed by atoms with Crippen LogP contribution >= 0.6 is 0 Å². The van der Waals surface area contributed by atoms with E-state index < -0.39 is 15.3 Å². The third-order valence-electron chi connectivity index (χ3n) is 5.16. The number of anilines is 1. The number of para-hydroxylation sites is 1. The van der Waals surface area contributed by atoms with Gasteiger partial charge in [-0.1, -0.05) is 6.07 Å². The number of ether oxygens (including phenoxy) is 2. The maximum Gasteiger partial charge on any atom is 0.243 e. The van der Waals surface area contributed by atoms with Crippen LogP contribution in [0.5, 0.6) is 11.5 Å². The zero-order valence-electron chi connectivity index (χ0n) is 17.6. The topological polar surface area (TPSA) is 125 Å². The number of hydrogen-bond donors (Lipinski definition) is 2. The predicted molar refractivity (Wildman–Crippen MR) is 115 cm³/mol. The minimum atomic E-state index is -3.71. The Hall–Kier alpha value is -3.12. The Labute approximate surface area is 180 Å². The summed E-state index contributed by atoms with van der Waals surface area (Å²) in [4.78, 5) is 0. The minimum Gasteiger partial charge on any atom is -0.494 e. The number of aromatic nitrogens is 5. The molecule has 12 heteroatoms. The van der Waals surface area contributed by atoms with E-state index in [9.17, 15) is 8.42 Å². The minimum absolute atomic E-state index is 0.0361. The first kappa shape index (κ1) is 21.1. The lowest BCUT2D eigenvalue weighted by Gasteiger charge is -2.23. The van der Waals surface area contributed by atoms with Gasteiger partial charge in [0.25, 0.3) is 0 Å². The molecule has 0 bridgehead atoms. The van der Waals surface area contributed by atoms with Gasteiger partial charge < -0.3 is 14.8 Å². The van der Waals surface area contributed by atoms with Crippen LogP contribution in [0.2, 0.25) is 0 Å². The van der Waals surface area contributed by atoms with Crippen LogP contribution in [0.3, 0.4) is 0 Å². The highest BCUT2D eigenvalue weighted by Crippen LogP contribution is 2.37. The van der Waals surface area contributed by atoms with Gasteiger partial charge in [-0.3, -0.25) is 14.0 Å². The third-order valence-corrected chi connectivity index (χ3v) is 6.90. The van der Waals surface area contributed by atoms with Gasteiger partial charge in [-0.25, -0.2) is 8.42 Å². The molecule has 1 atom stereocenters. The quantitative estimate of drug-likeness (QED) is 0.553. The van der Waals surface area contributed by atoms with Crippen LogP contribution in [0.1, 0.15) is 12.8 Å². The SMILES string of the molecule is COc1cccc(OC)c1-n1c(NS(=O)(=O)[C@@H]2CCCNC2)nnc1-c1ccn(C)n1. The van der Waals surface area contributed by atoms with Gasteiger partial charge in [-0.05, 0) is 37.6 Å². The fraction of sp³-hybridized carbons (Fsp3) is 0.421. The second kappa shape index (κ2) is 8.55. The number of hydrogen-bond acceptors (Lipinski definition) is 8. The molecule has 0 unspecified atom stereocenters. The summed E-state index contributed by atoms with van der Waals surface area (Å²) in [6, 6.07) is 7.06. The van der Waals surface area contributed by atoms with Crippen LogP contribution in [0.4, 0.5) is 5.95 Å². The summed E-state index contributed by atoms with van der Waals surface area (Å²) in [5.74, 6) is 1.32. The molecule has 31 heavy (non-hydrogen) atoms. The van der Waals surface area contributed by atoms with Crippen molar-refractivity contribution in [2.75, 3.05) is 32.0 Å². The summed E-state index contributed by atoms with van der Waals surface area (Å²) < 4.78 is 43.1. The van der Waals surface area contributed by atoms with Crippen molar-refractivity contribution in [3.05, 3.63) is 30.5 Å². The van der Waals surface area contributed by atoms with Crippen LogP contribution < -0.4 is 19.5 Å². The highest BCUT2D eigenvalue weighted by atomic mass is 32.2. The summed E-state index contributed by atoms with van der Waals surface area (Å²) in [6.07, 6.45) is 3.13. The molecule has 0 spiro atoms. The summed E-state index contributed by atoms with van der Waals surface area (Å²) in [5, 5.41) is 15.4. The summed E-state index contributed by atoms with van der Waals surface area (Å²) in [6.45, 7) is 1.19. The van der Waals surface area contributed by atoms with Crippen molar-refractivity contribution < 1.29 is 17.9 Å². The van der Waals surface area contributed by atoms with Gasteiger partial charge >= 0.3 is 0 Å². The molecule has 1 aromatic carbocycles. The molecule has 1 aliphatic rings. The molecule has 11 nitrogen and oxygen atoms in total. The van der Waals surface area contributed by atoms with Crippen molar-refractivity contribution >= 4 is 16.0 Å². The van der Waals surface area contributed by atoms with Gasteiger partial charge in [0.2, 0.25) is 16.0 Å². The first-order valence-electron chi connectivity index (χ1n) is 9.83. The van der Waals surface area contributed by atoms with Gasteiger partial charge in [0.05, 0.1) is 19.5 Å². The molecule has 2 N–H and O–H groups in total. The highest BCUT2D eigenvalue weighted by Gasteiger charge is 2.31. The van der Waals surface area contributed by atoms with E-state index in [2.05, 4.69) is 25.3 Å². The lowest BCUT2D eigenvalue weighted by Crippen LogP contribution is -2.41. The molecule has 0 radical (unpaired) electrons. The van der Waals surface area contributed by atoms with E-state index in [0.29, 0.717) is 41.7 Å². The number of rotatable bonds is 7. The number of aryl methyl sites for hydroxylation is 1. The number of methoxy groups -OCH3 is 2. The molecule has 3 aromatic rings. The monoisotopic (exact) mass is 447 g/mol. The van der Waals surface area contributed by atoms with E-state index in [1.165, 1.54) is 14.2 Å². The molecule has 4 rings (SSSR count). The molecule has 1 saturated heterocycles. The molecular formula is C19H25N7O4S. The van der Waals surface area contributed by atoms with E-state index in [-0.39, 0.29) is 5.95 Å². The lowest BCUT2D eigenvalue weighted by atomic mass is 10.2. The zero-order valence-corrected chi connectivity index (χ0v) is 18.4. The van der Waals surface area contributed by atoms with Crippen LogP contribution in [-0.2, 0) is 17.1 Å². The van der Waals surface area contributed by atoms with Crippen molar-refractivity contribution in [3.8, 4) is 28.7 Å². The van der Waals surface area contributed by atoms with E-state index in [1.54, 1.807) is 46.8 Å². The molecule has 166 valence electrons. The maximum absolute atomic E-state index is 13.1. The zero-order chi connectivity index (χ0) is 22.0. The van der Waals surface area contributed by atoms with Crippen molar-refractivity contribution in [1.29, 1.82) is 0 Å². The normalized spacial score (nSPS) is 16.8. The van der Waals surface area contributed by atoms with Crippen molar-refractivity contribution in [2.24, 2.45) is 7.05 Å². The van der Waals surface area contributed by atoms with E-state index in [4.69, 9.17) is 9.47 Å². The Kier molecular flexibility index (Phi) is 5.83. The average molecular weight is 448 g/mol. The Bertz CT molecular complexity index is 1140. The summed E-state index contributed by atoms with van der Waals surface area (Å²) in [7, 11) is 1.13. The average Bonchev–Trinajstić information content (AvgIpc) is 3.39. The van der Waals surface area contributed by atoms with Gasteiger partial charge in [0.1, 0.15) is 22.9 Å². The predicted octanol–water partition coefficient (Wildman–Crippen LogP) is 1.18. The highest BCUT2D eigenvalue weighted by molar-refractivity contribution is 7.93. The third kappa shape index (κ3) is 4.08. The lowest BCUT2D eigenvalue weighted by molar-refractivity contribution is 0.391. The smallest absolute Gasteiger partial charge is 0.243 e. The summed E-state index contributed by atoms with van der Waals surface area (Å²) in [5.41, 5.74) is 0.991. The molecule has 2 aromatic heterocycles. The van der Waals surface area contributed by atoms with Crippen LogP contribution in [0, 0.1) is 0 Å². The maximum atomic E-state index is 13.1. The first-order valence-corrected chi connectivity index (χ1v) is 11.4. The Morgan fingerprint density at radius 2 is 1.90 bits per heavy atom. The molecular weight excluding hydrogens is 422 g/mol. The standard InChI is InChI=1S/C19H25N7O4S/c1-25-11-9-14(23-25)18-21-22-19(24-31(27,28)13-6-5-10-20-12-13)26(18)17-15(29-2)7-4-8-16(17)30-3/h4,7-9,11,13,20H,5-6,10,12H2,1-3H3,(H,22,24)/t13-/m1/s1. The van der Waals surface area contributed by atoms with Gasteiger partial charge in [0, 0.05) is 19.8 Å². The molecule has 0 saturated carbocycles. The molecule has 0 aliphatic carbocycles.